The molecule has 0 unspecified atom stereocenters. The lowest BCUT2D eigenvalue weighted by Crippen LogP contribution is -2.26. The van der Waals surface area contributed by atoms with Gasteiger partial charge in [0, 0.05) is 66.0 Å². The Bertz CT molecular complexity index is 1630. The number of nitrogens with zero attached hydrogens (tertiary/aromatic N) is 3. The summed E-state index contributed by atoms with van der Waals surface area (Å²) in [5.74, 6) is -0.505. The topological polar surface area (TPSA) is 125 Å². The summed E-state index contributed by atoms with van der Waals surface area (Å²) in [6.45, 7) is 2.33. The van der Waals surface area contributed by atoms with Crippen molar-refractivity contribution < 1.29 is 17.6 Å². The van der Waals surface area contributed by atoms with Crippen LogP contribution in [0, 0.1) is 22.6 Å². The molecule has 8 nitrogen and oxygen atoms in total. The van der Waals surface area contributed by atoms with E-state index >= 15 is 0 Å². The van der Waals surface area contributed by atoms with E-state index in [4.69, 9.17) is 5.41 Å². The van der Waals surface area contributed by atoms with Crippen LogP contribution in [0.3, 0.4) is 0 Å². The second-order valence-corrected chi connectivity index (χ2v) is 8.43. The predicted molar refractivity (Wildman–Crippen MR) is 133 cm³/mol. The first kappa shape index (κ1) is 24.2. The van der Waals surface area contributed by atoms with Gasteiger partial charge in [0.15, 0.2) is 0 Å². The number of benzene rings is 1. The Kier molecular flexibility index (Phi) is 6.01. The van der Waals surface area contributed by atoms with E-state index in [-0.39, 0.29) is 29.9 Å². The highest BCUT2D eigenvalue weighted by Gasteiger charge is 2.39. The molecule has 5 N–H and O–H groups in total. The van der Waals surface area contributed by atoms with Gasteiger partial charge in [0.1, 0.15) is 23.2 Å². The fraction of sp³-hybridized carbons (Fsp3) is 0.200. The Hall–Kier alpha value is -4.50. The standard InChI is InChI=1S/C25H20F4N8/c1-2-34-18-5-14(26)4-15-20-22(36-19-11-33-9-17(19)23(31)25(27,28)29)16(10-35-24(20)37-21(15)18)13-3-12(6-30)7-32-8-13/h3-5,7-8,10,31,33-34H,2,9,11H2,1H3,(H2,35,36,37). The summed E-state index contributed by atoms with van der Waals surface area (Å²) in [4.78, 5) is 11.8. The van der Waals surface area contributed by atoms with E-state index in [9.17, 15) is 22.8 Å². The van der Waals surface area contributed by atoms with Crippen molar-refractivity contribution in [1.29, 1.82) is 10.7 Å². The summed E-state index contributed by atoms with van der Waals surface area (Å²) in [5, 5.41) is 27.0. The zero-order chi connectivity index (χ0) is 26.3. The van der Waals surface area contributed by atoms with E-state index in [0.717, 1.165) is 0 Å². The summed E-state index contributed by atoms with van der Waals surface area (Å²) in [7, 11) is 0. The molecule has 0 spiro atoms. The van der Waals surface area contributed by atoms with Gasteiger partial charge >= 0.3 is 6.18 Å². The minimum Gasteiger partial charge on any atom is -0.384 e. The van der Waals surface area contributed by atoms with E-state index in [0.29, 0.717) is 51.0 Å². The Morgan fingerprint density at radius 2 is 2.00 bits per heavy atom. The highest BCUT2D eigenvalue weighted by atomic mass is 19.4. The molecule has 0 saturated heterocycles. The van der Waals surface area contributed by atoms with Crippen LogP contribution in [0.2, 0.25) is 0 Å². The van der Waals surface area contributed by atoms with Gasteiger partial charge in [0.05, 0.1) is 27.8 Å². The van der Waals surface area contributed by atoms with E-state index in [1.165, 1.54) is 30.7 Å². The van der Waals surface area contributed by atoms with Gasteiger partial charge in [-0.25, -0.2) is 9.37 Å². The fourth-order valence-corrected chi connectivity index (χ4v) is 4.46. The molecule has 0 saturated carbocycles. The average molecular weight is 508 g/mol. The van der Waals surface area contributed by atoms with Crippen LogP contribution < -0.4 is 16.0 Å². The molecule has 5 rings (SSSR count). The predicted octanol–water partition coefficient (Wildman–Crippen LogP) is 5.07. The lowest BCUT2D eigenvalue weighted by molar-refractivity contribution is -0.0590. The van der Waals surface area contributed by atoms with Crippen molar-refractivity contribution in [3.63, 3.8) is 0 Å². The summed E-state index contributed by atoms with van der Waals surface area (Å²) < 4.78 is 54.9. The smallest absolute Gasteiger partial charge is 0.384 e. The second kappa shape index (κ2) is 9.18. The lowest BCUT2D eigenvalue weighted by atomic mass is 10.0. The number of nitrogens with one attached hydrogen (secondary N) is 5. The third-order valence-electron chi connectivity index (χ3n) is 6.07. The first-order valence-electron chi connectivity index (χ1n) is 11.3. The number of nitriles is 1. The van der Waals surface area contributed by atoms with Gasteiger partial charge in [-0.15, -0.1) is 0 Å². The van der Waals surface area contributed by atoms with Crippen molar-refractivity contribution in [2.45, 2.75) is 13.1 Å². The van der Waals surface area contributed by atoms with Crippen LogP contribution in [-0.2, 0) is 0 Å². The average Bonchev–Trinajstić information content (AvgIpc) is 3.48. The number of aromatic nitrogens is 3. The number of anilines is 2. The molecule has 1 aromatic carbocycles. The van der Waals surface area contributed by atoms with Crippen molar-refractivity contribution >= 4 is 39.0 Å². The molecule has 1 aliphatic rings. The number of halogens is 4. The van der Waals surface area contributed by atoms with Crippen LogP contribution in [0.5, 0.6) is 0 Å². The van der Waals surface area contributed by atoms with Gasteiger partial charge in [-0.3, -0.25) is 10.4 Å². The zero-order valence-corrected chi connectivity index (χ0v) is 19.4. The first-order chi connectivity index (χ1) is 17.7. The van der Waals surface area contributed by atoms with Gasteiger partial charge < -0.3 is 20.9 Å². The second-order valence-electron chi connectivity index (χ2n) is 8.43. The van der Waals surface area contributed by atoms with Gasteiger partial charge in [-0.1, -0.05) is 0 Å². The monoisotopic (exact) mass is 508 g/mol. The summed E-state index contributed by atoms with van der Waals surface area (Å²) >= 11 is 0. The molecule has 12 heteroatoms. The number of hydrogen-bond donors (Lipinski definition) is 5. The number of aromatic amines is 1. The molecule has 188 valence electrons. The minimum absolute atomic E-state index is 0.0624. The van der Waals surface area contributed by atoms with E-state index in [2.05, 4.69) is 30.9 Å². The molecule has 0 radical (unpaired) electrons. The summed E-state index contributed by atoms with van der Waals surface area (Å²) in [6.07, 6.45) is -0.410. The number of pyridine rings is 2. The Balaban J connectivity index is 1.81. The van der Waals surface area contributed by atoms with Gasteiger partial charge in [0.25, 0.3) is 0 Å². The van der Waals surface area contributed by atoms with E-state index in [1.807, 2.05) is 13.0 Å². The van der Waals surface area contributed by atoms with Crippen LogP contribution in [0.4, 0.5) is 28.9 Å². The maximum Gasteiger partial charge on any atom is 0.433 e. The third kappa shape index (κ3) is 4.34. The Morgan fingerprint density at radius 3 is 2.73 bits per heavy atom. The van der Waals surface area contributed by atoms with Crippen LogP contribution in [0.25, 0.3) is 33.1 Å². The third-order valence-corrected chi connectivity index (χ3v) is 6.07. The van der Waals surface area contributed by atoms with Gasteiger partial charge in [0.2, 0.25) is 0 Å². The van der Waals surface area contributed by atoms with Crippen LogP contribution in [0.1, 0.15) is 12.5 Å². The highest BCUT2D eigenvalue weighted by Crippen LogP contribution is 2.41. The number of H-pyrrole nitrogens is 1. The molecule has 4 aromatic rings. The Labute approximate surface area is 207 Å². The molecule has 0 fully saturated rings. The molecule has 0 amide bonds. The summed E-state index contributed by atoms with van der Waals surface area (Å²) in [5.41, 5.74) is 1.56. The van der Waals surface area contributed by atoms with Crippen molar-refractivity contribution in [3.05, 3.63) is 59.4 Å². The van der Waals surface area contributed by atoms with E-state index in [1.54, 1.807) is 6.07 Å². The maximum absolute atomic E-state index is 14.7. The Morgan fingerprint density at radius 1 is 1.19 bits per heavy atom. The SMILES string of the molecule is CCNc1cc(F)cc2c1[nH]c1ncc(-c3cncc(C#N)c3)c(NC3=C(C(=N)C(F)(F)F)CNC3)c12. The molecular weight excluding hydrogens is 488 g/mol. The number of rotatable bonds is 6. The minimum atomic E-state index is -4.82. The number of alkyl halides is 3. The molecule has 0 aliphatic carbocycles. The molecule has 1 aliphatic heterocycles. The number of hydrogen-bond acceptors (Lipinski definition) is 7. The largest absolute Gasteiger partial charge is 0.433 e. The molecular formula is C25H20F4N8. The zero-order valence-electron chi connectivity index (χ0n) is 19.4. The van der Waals surface area contributed by atoms with Gasteiger partial charge in [-0.2, -0.15) is 18.4 Å². The van der Waals surface area contributed by atoms with Crippen molar-refractivity contribution in [3.8, 4) is 17.2 Å². The lowest BCUT2D eigenvalue weighted by Gasteiger charge is -2.17. The van der Waals surface area contributed by atoms with Crippen molar-refractivity contribution in [1.82, 2.24) is 20.3 Å². The van der Waals surface area contributed by atoms with Crippen molar-refractivity contribution in [2.24, 2.45) is 0 Å². The molecule has 3 aromatic heterocycles. The maximum atomic E-state index is 14.7. The van der Waals surface area contributed by atoms with E-state index < -0.39 is 17.7 Å². The van der Waals surface area contributed by atoms with Crippen LogP contribution in [0.15, 0.2) is 48.1 Å². The quantitative estimate of drug-likeness (QED) is 0.183. The molecule has 4 heterocycles. The van der Waals surface area contributed by atoms with Crippen molar-refractivity contribution in [2.75, 3.05) is 30.3 Å². The van der Waals surface area contributed by atoms with Crippen LogP contribution in [-0.4, -0.2) is 46.5 Å². The first-order valence-corrected chi connectivity index (χ1v) is 11.3. The highest BCUT2D eigenvalue weighted by molar-refractivity contribution is 6.18. The normalized spacial score (nSPS) is 13.8. The number of fused-ring (bicyclic) bond motifs is 3. The fourth-order valence-electron chi connectivity index (χ4n) is 4.46. The van der Waals surface area contributed by atoms with Crippen LogP contribution >= 0.6 is 0 Å². The molecule has 0 atom stereocenters. The molecule has 37 heavy (non-hydrogen) atoms. The summed E-state index contributed by atoms with van der Waals surface area (Å²) in [6, 6.07) is 6.28. The van der Waals surface area contributed by atoms with Gasteiger partial charge in [-0.05, 0) is 25.1 Å². The molecule has 0 bridgehead atoms.